The maximum atomic E-state index is 11.9. The second-order valence-corrected chi connectivity index (χ2v) is 4.56. The van der Waals surface area contributed by atoms with Crippen LogP contribution in [0.25, 0.3) is 0 Å². The number of carboxylic acids is 1. The highest BCUT2D eigenvalue weighted by Gasteiger charge is 2.32. The number of rotatable bonds is 5. The first-order valence-corrected chi connectivity index (χ1v) is 6.16. The second kappa shape index (κ2) is 6.59. The lowest BCUT2D eigenvalue weighted by molar-refractivity contribution is -0.148. The Balaban J connectivity index is 2.48. The van der Waals surface area contributed by atoms with Crippen LogP contribution in [0.3, 0.4) is 0 Å². The van der Waals surface area contributed by atoms with E-state index in [2.05, 4.69) is 0 Å². The summed E-state index contributed by atoms with van der Waals surface area (Å²) in [6.07, 6.45) is 2.27. The lowest BCUT2D eigenvalue weighted by Gasteiger charge is -2.36. The van der Waals surface area contributed by atoms with E-state index in [1.165, 1.54) is 0 Å². The molecule has 0 aromatic carbocycles. The number of likely N-dealkylation sites (tertiary alicyclic amines) is 1. The zero-order valence-corrected chi connectivity index (χ0v) is 10.5. The lowest BCUT2D eigenvalue weighted by Crippen LogP contribution is -2.48. The number of amides is 1. The van der Waals surface area contributed by atoms with Gasteiger partial charge in [-0.3, -0.25) is 9.59 Å². The van der Waals surface area contributed by atoms with Gasteiger partial charge in [-0.15, -0.1) is 0 Å². The summed E-state index contributed by atoms with van der Waals surface area (Å²) in [5.74, 6) is -1.34. The van der Waals surface area contributed by atoms with Crippen molar-refractivity contribution in [3.63, 3.8) is 0 Å². The zero-order chi connectivity index (χ0) is 12.8. The molecule has 2 unspecified atom stereocenters. The van der Waals surface area contributed by atoms with Crippen molar-refractivity contribution in [2.24, 2.45) is 5.92 Å². The molecular weight excluding hydrogens is 222 g/mol. The van der Waals surface area contributed by atoms with Gasteiger partial charge in [-0.2, -0.15) is 0 Å². The Morgan fingerprint density at radius 1 is 1.41 bits per heavy atom. The Morgan fingerprint density at radius 3 is 2.71 bits per heavy atom. The average molecular weight is 243 g/mol. The van der Waals surface area contributed by atoms with Crippen LogP contribution in [0.5, 0.6) is 0 Å². The standard InChI is InChI=1S/C12H21NO4/c1-3-6-17-8-11(14)13-7-10(12(15)16)5-4-9(13)2/h9-10H,3-8H2,1-2H3,(H,15,16). The topological polar surface area (TPSA) is 66.8 Å². The minimum Gasteiger partial charge on any atom is -0.481 e. The lowest BCUT2D eigenvalue weighted by atomic mass is 9.93. The van der Waals surface area contributed by atoms with Gasteiger partial charge in [0.15, 0.2) is 0 Å². The number of carbonyl (C=O) groups excluding carboxylic acids is 1. The fourth-order valence-corrected chi connectivity index (χ4v) is 2.04. The van der Waals surface area contributed by atoms with Crippen LogP contribution in [-0.2, 0) is 14.3 Å². The van der Waals surface area contributed by atoms with Gasteiger partial charge in [0, 0.05) is 19.2 Å². The SMILES string of the molecule is CCCOCC(=O)N1CC(C(=O)O)CCC1C. The van der Waals surface area contributed by atoms with Crippen molar-refractivity contribution in [1.82, 2.24) is 4.90 Å². The first-order chi connectivity index (χ1) is 8.06. The molecule has 0 aliphatic carbocycles. The van der Waals surface area contributed by atoms with Gasteiger partial charge in [-0.25, -0.2) is 0 Å². The maximum Gasteiger partial charge on any atom is 0.308 e. The molecule has 1 heterocycles. The Kier molecular flexibility index (Phi) is 5.41. The second-order valence-electron chi connectivity index (χ2n) is 4.56. The van der Waals surface area contributed by atoms with E-state index in [1.54, 1.807) is 4.90 Å². The quantitative estimate of drug-likeness (QED) is 0.735. The predicted octanol–water partition coefficient (Wildman–Crippen LogP) is 1.12. The van der Waals surface area contributed by atoms with Crippen LogP contribution in [0, 0.1) is 5.92 Å². The van der Waals surface area contributed by atoms with E-state index in [9.17, 15) is 9.59 Å². The highest BCUT2D eigenvalue weighted by atomic mass is 16.5. The third-order valence-corrected chi connectivity index (χ3v) is 3.13. The highest BCUT2D eigenvalue weighted by Crippen LogP contribution is 2.22. The monoisotopic (exact) mass is 243 g/mol. The Morgan fingerprint density at radius 2 is 2.12 bits per heavy atom. The number of ether oxygens (including phenoxy) is 1. The molecule has 0 saturated carbocycles. The molecule has 5 heteroatoms. The largest absolute Gasteiger partial charge is 0.481 e. The molecule has 1 saturated heterocycles. The third kappa shape index (κ3) is 4.00. The van der Waals surface area contributed by atoms with Gasteiger partial charge >= 0.3 is 5.97 Å². The van der Waals surface area contributed by atoms with Crippen molar-refractivity contribution in [2.75, 3.05) is 19.8 Å². The van der Waals surface area contributed by atoms with Crippen molar-refractivity contribution >= 4 is 11.9 Å². The van der Waals surface area contributed by atoms with Gasteiger partial charge < -0.3 is 14.7 Å². The van der Waals surface area contributed by atoms with E-state index in [4.69, 9.17) is 9.84 Å². The summed E-state index contributed by atoms with van der Waals surface area (Å²) >= 11 is 0. The minimum absolute atomic E-state index is 0.0600. The Hall–Kier alpha value is -1.10. The summed E-state index contributed by atoms with van der Waals surface area (Å²) in [4.78, 5) is 24.4. The molecular formula is C12H21NO4. The summed E-state index contributed by atoms with van der Waals surface area (Å²) in [7, 11) is 0. The van der Waals surface area contributed by atoms with E-state index in [0.29, 0.717) is 19.6 Å². The number of piperidine rings is 1. The van der Waals surface area contributed by atoms with Gasteiger partial charge in [0.2, 0.25) is 5.91 Å². The molecule has 0 aromatic heterocycles. The molecule has 1 aliphatic rings. The molecule has 2 atom stereocenters. The number of hydrogen-bond donors (Lipinski definition) is 1. The van der Waals surface area contributed by atoms with Gasteiger partial charge in [0.05, 0.1) is 5.92 Å². The molecule has 1 N–H and O–H groups in total. The predicted molar refractivity (Wildman–Crippen MR) is 62.6 cm³/mol. The van der Waals surface area contributed by atoms with Gasteiger partial charge in [0.1, 0.15) is 6.61 Å². The molecule has 98 valence electrons. The molecule has 1 aliphatic heterocycles. The van der Waals surface area contributed by atoms with Crippen LogP contribution in [0.15, 0.2) is 0 Å². The summed E-state index contributed by atoms with van der Waals surface area (Å²) in [5.41, 5.74) is 0. The van der Waals surface area contributed by atoms with Crippen LogP contribution in [0.1, 0.15) is 33.1 Å². The fraction of sp³-hybridized carbons (Fsp3) is 0.833. The first-order valence-electron chi connectivity index (χ1n) is 6.16. The van der Waals surface area contributed by atoms with Crippen LogP contribution in [0.4, 0.5) is 0 Å². The molecule has 0 bridgehead atoms. The van der Waals surface area contributed by atoms with Crippen LogP contribution in [-0.4, -0.2) is 47.7 Å². The minimum atomic E-state index is -0.816. The Labute approximate surface area is 102 Å². The van der Waals surface area contributed by atoms with Crippen molar-refractivity contribution in [3.8, 4) is 0 Å². The third-order valence-electron chi connectivity index (χ3n) is 3.13. The number of hydrogen-bond acceptors (Lipinski definition) is 3. The molecule has 1 fully saturated rings. The highest BCUT2D eigenvalue weighted by molar-refractivity contribution is 5.79. The van der Waals surface area contributed by atoms with Crippen LogP contribution in [0.2, 0.25) is 0 Å². The first kappa shape index (κ1) is 14.0. The van der Waals surface area contributed by atoms with Crippen molar-refractivity contribution in [1.29, 1.82) is 0 Å². The van der Waals surface area contributed by atoms with E-state index >= 15 is 0 Å². The summed E-state index contributed by atoms with van der Waals surface area (Å²) < 4.78 is 5.20. The van der Waals surface area contributed by atoms with E-state index in [0.717, 1.165) is 12.8 Å². The Bertz CT molecular complexity index is 280. The summed E-state index contributed by atoms with van der Waals surface area (Å²) in [5, 5.41) is 8.97. The van der Waals surface area contributed by atoms with Gasteiger partial charge in [0.25, 0.3) is 0 Å². The smallest absolute Gasteiger partial charge is 0.308 e. The number of carboxylic acid groups (broad SMARTS) is 1. The maximum absolute atomic E-state index is 11.9. The normalized spacial score (nSPS) is 24.7. The van der Waals surface area contributed by atoms with E-state index in [1.807, 2.05) is 13.8 Å². The average Bonchev–Trinajstić information content (AvgIpc) is 2.29. The fourth-order valence-electron chi connectivity index (χ4n) is 2.04. The zero-order valence-electron chi connectivity index (χ0n) is 10.5. The molecule has 5 nitrogen and oxygen atoms in total. The summed E-state index contributed by atoms with van der Waals surface area (Å²) in [6, 6.07) is 0.114. The van der Waals surface area contributed by atoms with Crippen molar-refractivity contribution < 1.29 is 19.4 Å². The van der Waals surface area contributed by atoms with Crippen LogP contribution < -0.4 is 0 Å². The van der Waals surface area contributed by atoms with E-state index in [-0.39, 0.29) is 18.6 Å². The molecule has 1 rings (SSSR count). The number of carbonyl (C=O) groups is 2. The molecule has 0 aromatic rings. The molecule has 0 radical (unpaired) electrons. The molecule has 17 heavy (non-hydrogen) atoms. The molecule has 1 amide bonds. The number of aliphatic carboxylic acids is 1. The van der Waals surface area contributed by atoms with Gasteiger partial charge in [-0.05, 0) is 26.2 Å². The number of nitrogens with zero attached hydrogens (tertiary/aromatic N) is 1. The van der Waals surface area contributed by atoms with Crippen LogP contribution >= 0.6 is 0 Å². The van der Waals surface area contributed by atoms with Gasteiger partial charge in [-0.1, -0.05) is 6.92 Å². The summed E-state index contributed by atoms with van der Waals surface area (Å²) in [6.45, 7) is 4.87. The van der Waals surface area contributed by atoms with Crippen molar-refractivity contribution in [3.05, 3.63) is 0 Å². The molecule has 0 spiro atoms. The van der Waals surface area contributed by atoms with E-state index < -0.39 is 11.9 Å². The van der Waals surface area contributed by atoms with Crippen molar-refractivity contribution in [2.45, 2.75) is 39.2 Å².